The van der Waals surface area contributed by atoms with Gasteiger partial charge in [0.05, 0.1) is 27.7 Å². The first-order valence-corrected chi connectivity index (χ1v) is 12.3. The van der Waals surface area contributed by atoms with E-state index in [4.69, 9.17) is 16.3 Å². The van der Waals surface area contributed by atoms with E-state index in [1.807, 2.05) is 0 Å². The van der Waals surface area contributed by atoms with Gasteiger partial charge in [-0.25, -0.2) is 17.2 Å². The molecule has 0 atom stereocenters. The van der Waals surface area contributed by atoms with Crippen LogP contribution in [0, 0.1) is 5.82 Å². The van der Waals surface area contributed by atoms with Crippen LogP contribution in [0.5, 0.6) is 5.75 Å². The molecule has 2 aromatic carbocycles. The van der Waals surface area contributed by atoms with Crippen LogP contribution in [0.25, 0.3) is 0 Å². The number of allylic oxidation sites excluding steroid dienone is 2. The number of ether oxygens (including phenoxy) is 1. The monoisotopic (exact) mass is 505 g/mol. The minimum atomic E-state index is -3.32. The molecule has 0 aliphatic heterocycles. The summed E-state index contributed by atoms with van der Waals surface area (Å²) in [5.41, 5.74) is 4.72. The molecule has 2 aromatic rings. The largest absolute Gasteiger partial charge is 0.479 e. The molecule has 1 aliphatic rings. The lowest BCUT2D eigenvalue weighted by atomic mass is 9.95. The zero-order chi connectivity index (χ0) is 25.1. The Bertz CT molecular complexity index is 1370. The van der Waals surface area contributed by atoms with Crippen molar-refractivity contribution >= 4 is 33.0 Å². The van der Waals surface area contributed by atoms with Gasteiger partial charge < -0.3 is 10.1 Å². The van der Waals surface area contributed by atoms with Gasteiger partial charge in [0.1, 0.15) is 11.4 Å². The van der Waals surface area contributed by atoms with Crippen LogP contribution >= 0.6 is 11.6 Å². The molecule has 5 nitrogen and oxygen atoms in total. The third-order valence-electron chi connectivity index (χ3n) is 5.01. The number of anilines is 1. The first kappa shape index (κ1) is 25.5. The molecule has 0 radical (unpaired) electrons. The molecule has 0 unspecified atom stereocenters. The van der Waals surface area contributed by atoms with Gasteiger partial charge in [0.25, 0.3) is 0 Å². The highest BCUT2D eigenvalue weighted by Crippen LogP contribution is 2.33. The second-order valence-electron chi connectivity index (χ2n) is 8.00. The number of nitrogens with one attached hydrogen (secondary N) is 1. The Morgan fingerprint density at radius 1 is 1.12 bits per heavy atom. The number of carbonyl (C=O) groups excluding carboxylic acids is 1. The van der Waals surface area contributed by atoms with E-state index in [0.29, 0.717) is 5.56 Å². The number of amides is 1. The summed E-state index contributed by atoms with van der Waals surface area (Å²) in [4.78, 5) is 12.5. The standard InChI is InChI=1S/C25H22ClF2NO4S/c1-4-34(31,32)19-9-5-16(6-10-19)13-24(30)29-18-8-12-23(22(28)15-18)33-25(2,3)20-11-7-17(26)14-21(20)27/h5-6,8-10,12,14-15H,4,13H2,1-3H3,(H,29,30). The van der Waals surface area contributed by atoms with Crippen LogP contribution in [0.4, 0.5) is 14.5 Å². The van der Waals surface area contributed by atoms with Gasteiger partial charge in [-0.1, -0.05) is 36.4 Å². The average molecular weight is 506 g/mol. The summed E-state index contributed by atoms with van der Waals surface area (Å²) in [6.07, 6.45) is 1.05. The molecule has 34 heavy (non-hydrogen) atoms. The van der Waals surface area contributed by atoms with Crippen molar-refractivity contribution in [1.82, 2.24) is 0 Å². The van der Waals surface area contributed by atoms with E-state index < -0.39 is 33.0 Å². The maximum atomic E-state index is 14.7. The summed E-state index contributed by atoms with van der Waals surface area (Å²) in [5.74, 6) is -1.97. The van der Waals surface area contributed by atoms with Gasteiger partial charge in [-0.3, -0.25) is 4.79 Å². The van der Waals surface area contributed by atoms with Crippen molar-refractivity contribution in [2.24, 2.45) is 0 Å². The Morgan fingerprint density at radius 2 is 1.79 bits per heavy atom. The highest BCUT2D eigenvalue weighted by molar-refractivity contribution is 7.91. The summed E-state index contributed by atoms with van der Waals surface area (Å²) in [5, 5.41) is 2.65. The lowest BCUT2D eigenvalue weighted by Crippen LogP contribution is -2.31. The molecule has 0 bridgehead atoms. The Morgan fingerprint density at radius 3 is 2.38 bits per heavy atom. The van der Waals surface area contributed by atoms with Crippen LogP contribution in [0.3, 0.4) is 0 Å². The number of sulfone groups is 1. The third-order valence-corrected chi connectivity index (χ3v) is 6.96. The fourth-order valence-corrected chi connectivity index (χ4v) is 4.23. The van der Waals surface area contributed by atoms with Crippen LogP contribution in [-0.4, -0.2) is 25.7 Å². The van der Waals surface area contributed by atoms with Gasteiger partial charge in [-0.15, -0.1) is 0 Å². The molecule has 178 valence electrons. The normalized spacial score (nSPS) is 13.6. The number of halogens is 3. The van der Waals surface area contributed by atoms with Crippen LogP contribution in [0.15, 0.2) is 81.3 Å². The second-order valence-corrected chi connectivity index (χ2v) is 10.7. The predicted octanol–water partition coefficient (Wildman–Crippen LogP) is 5.63. The van der Waals surface area contributed by atoms with Crippen LogP contribution in [0.2, 0.25) is 0 Å². The van der Waals surface area contributed by atoms with E-state index in [0.717, 1.165) is 12.1 Å². The second kappa shape index (κ2) is 10.00. The predicted molar refractivity (Wildman–Crippen MR) is 127 cm³/mol. The van der Waals surface area contributed by atoms with Gasteiger partial charge in [0.15, 0.2) is 21.4 Å². The zero-order valence-electron chi connectivity index (χ0n) is 18.7. The van der Waals surface area contributed by atoms with Crippen LogP contribution < -0.4 is 10.1 Å². The Hall–Kier alpha value is -3.15. The van der Waals surface area contributed by atoms with Crippen molar-refractivity contribution in [1.29, 1.82) is 0 Å². The fraction of sp³-hybridized carbons (Fsp3) is 0.240. The minimum absolute atomic E-state index is 0.0133. The van der Waals surface area contributed by atoms with Gasteiger partial charge in [0, 0.05) is 17.8 Å². The summed E-state index contributed by atoms with van der Waals surface area (Å²) >= 11 is 5.71. The summed E-state index contributed by atoms with van der Waals surface area (Å²) in [7, 11) is -3.32. The van der Waals surface area contributed by atoms with Crippen molar-refractivity contribution in [3.05, 3.63) is 87.8 Å². The van der Waals surface area contributed by atoms with Crippen molar-refractivity contribution < 1.29 is 26.7 Å². The van der Waals surface area contributed by atoms with Gasteiger partial charge in [-0.2, -0.15) is 0 Å². The number of hydrogen-bond acceptors (Lipinski definition) is 4. The number of hydrogen-bond donors (Lipinski definition) is 1. The van der Waals surface area contributed by atoms with Gasteiger partial charge >= 0.3 is 0 Å². The van der Waals surface area contributed by atoms with Crippen molar-refractivity contribution in [3.8, 4) is 5.75 Å². The Balaban J connectivity index is 1.68. The molecular formula is C25H22ClF2NO4S. The van der Waals surface area contributed by atoms with E-state index >= 15 is 0 Å². The number of carbonyl (C=O) groups is 1. The zero-order valence-corrected chi connectivity index (χ0v) is 20.3. The van der Waals surface area contributed by atoms with E-state index in [-0.39, 0.29) is 39.1 Å². The lowest BCUT2D eigenvalue weighted by Gasteiger charge is -2.28. The highest BCUT2D eigenvalue weighted by atomic mass is 35.5. The molecule has 0 spiro atoms. The van der Waals surface area contributed by atoms with Crippen molar-refractivity contribution in [2.75, 3.05) is 11.1 Å². The number of rotatable bonds is 8. The lowest BCUT2D eigenvalue weighted by molar-refractivity contribution is -0.115. The van der Waals surface area contributed by atoms with Gasteiger partial charge in [-0.05, 0) is 49.4 Å². The molecule has 1 amide bonds. The van der Waals surface area contributed by atoms with Crippen molar-refractivity contribution in [2.45, 2.75) is 37.7 Å². The summed E-state index contributed by atoms with van der Waals surface area (Å²) < 4.78 is 58.3. The molecule has 9 heteroatoms. The minimum Gasteiger partial charge on any atom is -0.479 e. The van der Waals surface area contributed by atoms with Crippen molar-refractivity contribution in [3.63, 3.8) is 0 Å². The fourth-order valence-electron chi connectivity index (χ4n) is 3.20. The molecular weight excluding hydrogens is 484 g/mol. The SMILES string of the molecule is CCS(=O)(=O)c1ccc(CC(=O)Nc2ccc(OC(C)(C)C3=C=C=C(Cl)C=C3F)c(F)c2)cc1. The average Bonchev–Trinajstić information content (AvgIpc) is 2.75. The smallest absolute Gasteiger partial charge is 0.228 e. The van der Waals surface area contributed by atoms with E-state index in [1.165, 1.54) is 24.3 Å². The highest BCUT2D eigenvalue weighted by Gasteiger charge is 2.31. The molecule has 0 heterocycles. The quantitative estimate of drug-likeness (QED) is 0.472. The first-order chi connectivity index (χ1) is 15.9. The number of benzene rings is 2. The molecule has 1 aliphatic carbocycles. The van der Waals surface area contributed by atoms with E-state index in [9.17, 15) is 22.0 Å². The molecule has 0 aromatic heterocycles. The maximum absolute atomic E-state index is 14.7. The first-order valence-electron chi connectivity index (χ1n) is 10.3. The van der Waals surface area contributed by atoms with Crippen LogP contribution in [0.1, 0.15) is 26.3 Å². The van der Waals surface area contributed by atoms with E-state index in [1.54, 1.807) is 32.9 Å². The summed E-state index contributed by atoms with van der Waals surface area (Å²) in [6.45, 7) is 4.66. The molecule has 0 saturated carbocycles. The molecule has 1 N–H and O–H groups in total. The van der Waals surface area contributed by atoms with Gasteiger partial charge in [0.2, 0.25) is 5.91 Å². The maximum Gasteiger partial charge on any atom is 0.228 e. The van der Waals surface area contributed by atoms with Crippen LogP contribution in [-0.2, 0) is 21.1 Å². The Kier molecular flexibility index (Phi) is 7.49. The Labute approximate surface area is 202 Å². The molecule has 3 rings (SSSR count). The molecule has 0 fully saturated rings. The summed E-state index contributed by atoms with van der Waals surface area (Å²) in [6, 6.07) is 9.90. The van der Waals surface area contributed by atoms with E-state index in [2.05, 4.69) is 16.8 Å². The third kappa shape index (κ3) is 6.04. The topological polar surface area (TPSA) is 72.5 Å². The molecule has 0 saturated heterocycles.